The summed E-state index contributed by atoms with van der Waals surface area (Å²) in [5.74, 6) is 0.759. The molecule has 1 aliphatic heterocycles. The molecular weight excluding hydrogens is 136 g/mol. The topological polar surface area (TPSA) is 15.3 Å². The minimum absolute atomic E-state index is 0.691. The summed E-state index contributed by atoms with van der Waals surface area (Å²) in [6.07, 6.45) is 0. The highest BCUT2D eigenvalue weighted by Crippen LogP contribution is 2.14. The Morgan fingerprint density at radius 3 is 2.45 bits per heavy atom. The van der Waals surface area contributed by atoms with Gasteiger partial charge in [-0.3, -0.25) is 4.90 Å². The summed E-state index contributed by atoms with van der Waals surface area (Å²) in [5.41, 5.74) is 0. The molecule has 0 radical (unpaired) electrons. The van der Waals surface area contributed by atoms with Gasteiger partial charge < -0.3 is 5.32 Å². The van der Waals surface area contributed by atoms with Gasteiger partial charge >= 0.3 is 0 Å². The molecule has 2 nitrogen and oxygen atoms in total. The third kappa shape index (κ3) is 1.94. The maximum atomic E-state index is 3.45. The molecule has 11 heavy (non-hydrogen) atoms. The molecule has 1 rings (SSSR count). The van der Waals surface area contributed by atoms with Gasteiger partial charge in [-0.2, -0.15) is 0 Å². The van der Waals surface area contributed by atoms with E-state index in [1.54, 1.807) is 0 Å². The summed E-state index contributed by atoms with van der Waals surface area (Å²) in [6, 6.07) is 1.41. The summed E-state index contributed by atoms with van der Waals surface area (Å²) < 4.78 is 0. The van der Waals surface area contributed by atoms with Crippen LogP contribution in [0.4, 0.5) is 0 Å². The molecule has 1 saturated heterocycles. The average Bonchev–Trinajstić information content (AvgIpc) is 1.94. The zero-order chi connectivity index (χ0) is 8.43. The van der Waals surface area contributed by atoms with Crippen molar-refractivity contribution in [2.75, 3.05) is 20.1 Å². The van der Waals surface area contributed by atoms with Crippen LogP contribution in [0.1, 0.15) is 20.8 Å². The fourth-order valence-electron chi connectivity index (χ4n) is 1.76. The van der Waals surface area contributed by atoms with Crippen molar-refractivity contribution in [2.45, 2.75) is 32.9 Å². The van der Waals surface area contributed by atoms with Crippen LogP contribution in [0.2, 0.25) is 0 Å². The van der Waals surface area contributed by atoms with Gasteiger partial charge in [0.25, 0.3) is 0 Å². The van der Waals surface area contributed by atoms with Gasteiger partial charge in [-0.05, 0) is 19.9 Å². The minimum Gasteiger partial charge on any atom is -0.314 e. The molecule has 1 fully saturated rings. The quantitative estimate of drug-likeness (QED) is 0.607. The lowest BCUT2D eigenvalue weighted by Crippen LogP contribution is -2.56. The largest absolute Gasteiger partial charge is 0.314 e. The lowest BCUT2D eigenvalue weighted by atomic mass is 9.99. The minimum atomic E-state index is 0.691. The molecule has 0 aromatic carbocycles. The van der Waals surface area contributed by atoms with Gasteiger partial charge in [0.15, 0.2) is 0 Å². The molecule has 0 aromatic heterocycles. The highest BCUT2D eigenvalue weighted by molar-refractivity contribution is 4.84. The van der Waals surface area contributed by atoms with Gasteiger partial charge in [-0.25, -0.2) is 0 Å². The third-order valence-electron chi connectivity index (χ3n) is 2.78. The molecule has 0 aliphatic carbocycles. The molecule has 0 spiro atoms. The van der Waals surface area contributed by atoms with Gasteiger partial charge in [0.1, 0.15) is 0 Å². The van der Waals surface area contributed by atoms with Crippen molar-refractivity contribution in [3.8, 4) is 0 Å². The second-order valence-corrected chi connectivity index (χ2v) is 3.98. The molecule has 1 aliphatic rings. The van der Waals surface area contributed by atoms with Gasteiger partial charge in [-0.15, -0.1) is 0 Å². The molecule has 2 atom stereocenters. The van der Waals surface area contributed by atoms with Crippen LogP contribution >= 0.6 is 0 Å². The van der Waals surface area contributed by atoms with E-state index in [1.807, 2.05) is 0 Å². The van der Waals surface area contributed by atoms with E-state index in [0.29, 0.717) is 6.04 Å². The smallest absolute Gasteiger partial charge is 0.0243 e. The molecule has 2 heteroatoms. The zero-order valence-electron chi connectivity index (χ0n) is 8.09. The van der Waals surface area contributed by atoms with Crippen LogP contribution in [0.3, 0.4) is 0 Å². The molecule has 1 unspecified atom stereocenters. The van der Waals surface area contributed by atoms with Crippen molar-refractivity contribution >= 4 is 0 Å². The van der Waals surface area contributed by atoms with Crippen molar-refractivity contribution in [1.82, 2.24) is 10.2 Å². The summed E-state index contributed by atoms with van der Waals surface area (Å²) in [7, 11) is 2.23. The monoisotopic (exact) mass is 156 g/mol. The van der Waals surface area contributed by atoms with E-state index in [9.17, 15) is 0 Å². The number of nitrogens with one attached hydrogen (secondary N) is 1. The van der Waals surface area contributed by atoms with Gasteiger partial charge in [0.2, 0.25) is 0 Å². The van der Waals surface area contributed by atoms with Crippen LogP contribution < -0.4 is 5.32 Å². The standard InChI is InChI=1S/C9H20N2/c1-7(2)9-6-10-5-8(3)11(9)4/h7-10H,5-6H2,1-4H3/t8?,9-/m1/s1. The van der Waals surface area contributed by atoms with Gasteiger partial charge in [0, 0.05) is 25.2 Å². The van der Waals surface area contributed by atoms with Crippen LogP contribution in [0, 0.1) is 5.92 Å². The summed E-state index contributed by atoms with van der Waals surface area (Å²) in [4.78, 5) is 2.49. The predicted molar refractivity (Wildman–Crippen MR) is 48.7 cm³/mol. The van der Waals surface area contributed by atoms with Crippen molar-refractivity contribution in [1.29, 1.82) is 0 Å². The molecule has 0 aromatic rings. The Kier molecular flexibility index (Phi) is 2.90. The average molecular weight is 156 g/mol. The van der Waals surface area contributed by atoms with Crippen molar-refractivity contribution in [2.24, 2.45) is 5.92 Å². The summed E-state index contributed by atoms with van der Waals surface area (Å²) in [5, 5.41) is 3.45. The summed E-state index contributed by atoms with van der Waals surface area (Å²) >= 11 is 0. The lowest BCUT2D eigenvalue weighted by Gasteiger charge is -2.40. The van der Waals surface area contributed by atoms with Crippen LogP contribution in [0.5, 0.6) is 0 Å². The zero-order valence-corrected chi connectivity index (χ0v) is 8.09. The van der Waals surface area contributed by atoms with Crippen LogP contribution in [0.25, 0.3) is 0 Å². The van der Waals surface area contributed by atoms with E-state index >= 15 is 0 Å². The molecule has 66 valence electrons. The Morgan fingerprint density at radius 1 is 1.36 bits per heavy atom. The Bertz CT molecular complexity index is 123. The number of likely N-dealkylation sites (N-methyl/N-ethyl adjacent to an activating group) is 1. The number of hydrogen-bond donors (Lipinski definition) is 1. The highest BCUT2D eigenvalue weighted by Gasteiger charge is 2.25. The lowest BCUT2D eigenvalue weighted by molar-refractivity contribution is 0.108. The van der Waals surface area contributed by atoms with E-state index < -0.39 is 0 Å². The Balaban J connectivity index is 2.51. The third-order valence-corrected chi connectivity index (χ3v) is 2.78. The second kappa shape index (κ2) is 3.55. The molecule has 1 heterocycles. The van der Waals surface area contributed by atoms with Crippen molar-refractivity contribution in [3.63, 3.8) is 0 Å². The normalized spacial score (nSPS) is 34.6. The Morgan fingerprint density at radius 2 is 2.00 bits per heavy atom. The van der Waals surface area contributed by atoms with E-state index in [4.69, 9.17) is 0 Å². The first kappa shape index (κ1) is 9.01. The first-order chi connectivity index (χ1) is 5.13. The Hall–Kier alpha value is -0.0800. The van der Waals surface area contributed by atoms with Crippen LogP contribution in [0.15, 0.2) is 0 Å². The first-order valence-corrected chi connectivity index (χ1v) is 4.55. The van der Waals surface area contributed by atoms with Gasteiger partial charge in [0.05, 0.1) is 0 Å². The van der Waals surface area contributed by atoms with E-state index in [0.717, 1.165) is 25.0 Å². The van der Waals surface area contributed by atoms with Crippen LogP contribution in [-0.2, 0) is 0 Å². The fourth-order valence-corrected chi connectivity index (χ4v) is 1.76. The SMILES string of the molecule is CC(C)[C@H]1CNCC(C)N1C. The first-order valence-electron chi connectivity index (χ1n) is 4.55. The molecule has 0 amide bonds. The predicted octanol–water partition coefficient (Wildman–Crippen LogP) is 0.934. The molecule has 1 N–H and O–H groups in total. The molecule has 0 saturated carbocycles. The van der Waals surface area contributed by atoms with E-state index in [2.05, 4.69) is 38.0 Å². The number of rotatable bonds is 1. The molecular formula is C9H20N2. The maximum absolute atomic E-state index is 3.45. The molecule has 0 bridgehead atoms. The number of piperazine rings is 1. The fraction of sp³-hybridized carbons (Fsp3) is 1.00. The number of hydrogen-bond acceptors (Lipinski definition) is 2. The second-order valence-electron chi connectivity index (χ2n) is 3.98. The van der Waals surface area contributed by atoms with Gasteiger partial charge in [-0.1, -0.05) is 13.8 Å². The summed E-state index contributed by atoms with van der Waals surface area (Å²) in [6.45, 7) is 9.15. The maximum Gasteiger partial charge on any atom is 0.0243 e. The van der Waals surface area contributed by atoms with Crippen molar-refractivity contribution in [3.05, 3.63) is 0 Å². The van der Waals surface area contributed by atoms with Crippen molar-refractivity contribution < 1.29 is 0 Å². The van der Waals surface area contributed by atoms with E-state index in [1.165, 1.54) is 0 Å². The Labute approximate surface area is 70.0 Å². The number of nitrogens with zero attached hydrogens (tertiary/aromatic N) is 1. The van der Waals surface area contributed by atoms with Crippen LogP contribution in [-0.4, -0.2) is 37.1 Å². The van der Waals surface area contributed by atoms with E-state index in [-0.39, 0.29) is 0 Å². The highest BCUT2D eigenvalue weighted by atomic mass is 15.2.